The minimum absolute atomic E-state index is 0.0200. The molecule has 0 aromatic carbocycles. The van der Waals surface area contributed by atoms with Gasteiger partial charge in [0.1, 0.15) is 5.75 Å². The summed E-state index contributed by atoms with van der Waals surface area (Å²) in [4.78, 5) is 14.7. The number of hydrogen-bond acceptors (Lipinski definition) is 4. The van der Waals surface area contributed by atoms with Crippen LogP contribution < -0.4 is 0 Å². The Bertz CT molecular complexity index is 382. The predicted octanol–water partition coefficient (Wildman–Crippen LogP) is 1.83. The summed E-state index contributed by atoms with van der Waals surface area (Å²) in [6.45, 7) is 1.79. The van der Waals surface area contributed by atoms with E-state index in [1.807, 2.05) is 0 Å². The summed E-state index contributed by atoms with van der Waals surface area (Å²) in [5.41, 5.74) is -0.587. The van der Waals surface area contributed by atoms with Crippen LogP contribution in [0.1, 0.15) is 24.5 Å². The zero-order valence-electron chi connectivity index (χ0n) is 8.61. The van der Waals surface area contributed by atoms with Gasteiger partial charge in [-0.1, -0.05) is 0 Å². The van der Waals surface area contributed by atoms with E-state index in [1.165, 1.54) is 0 Å². The summed E-state index contributed by atoms with van der Waals surface area (Å²) < 4.78 is 29.8. The molecule has 0 fully saturated rings. The molecule has 6 heteroatoms. The highest BCUT2D eigenvalue weighted by Gasteiger charge is 2.20. The minimum Gasteiger partial charge on any atom is -0.506 e. The Morgan fingerprint density at radius 2 is 2.25 bits per heavy atom. The van der Waals surface area contributed by atoms with E-state index in [4.69, 9.17) is 0 Å². The van der Waals surface area contributed by atoms with E-state index in [0.717, 1.165) is 12.4 Å². The summed E-state index contributed by atoms with van der Waals surface area (Å²) in [5.74, 6) is -1.24. The molecule has 0 spiro atoms. The van der Waals surface area contributed by atoms with Crippen molar-refractivity contribution in [2.45, 2.75) is 19.8 Å². The van der Waals surface area contributed by atoms with E-state index in [-0.39, 0.29) is 18.6 Å². The van der Waals surface area contributed by atoms with Crippen LogP contribution in [0.3, 0.4) is 0 Å². The van der Waals surface area contributed by atoms with Crippen LogP contribution in [0.25, 0.3) is 0 Å². The second-order valence-corrected chi connectivity index (χ2v) is 3.01. The average Bonchev–Trinajstić information content (AvgIpc) is 2.17. The molecule has 0 aliphatic heterocycles. The molecule has 0 saturated heterocycles. The SMILES string of the molecule is CCOC(=O)Cc1cncc(O)c1C(F)F. The molecule has 1 aromatic heterocycles. The van der Waals surface area contributed by atoms with Crippen LogP contribution in [-0.2, 0) is 16.0 Å². The van der Waals surface area contributed by atoms with Gasteiger partial charge in [0.15, 0.2) is 0 Å². The molecule has 16 heavy (non-hydrogen) atoms. The lowest BCUT2D eigenvalue weighted by Gasteiger charge is -2.09. The largest absolute Gasteiger partial charge is 0.506 e. The number of pyridine rings is 1. The molecule has 4 nitrogen and oxygen atoms in total. The normalized spacial score (nSPS) is 10.5. The smallest absolute Gasteiger partial charge is 0.310 e. The van der Waals surface area contributed by atoms with Crippen molar-refractivity contribution in [3.05, 3.63) is 23.5 Å². The van der Waals surface area contributed by atoms with Crippen molar-refractivity contribution in [2.75, 3.05) is 6.61 Å². The molecule has 0 amide bonds. The second kappa shape index (κ2) is 5.39. The lowest BCUT2D eigenvalue weighted by Crippen LogP contribution is -2.10. The quantitative estimate of drug-likeness (QED) is 0.803. The Labute approximate surface area is 90.9 Å². The molecule has 1 aromatic rings. The van der Waals surface area contributed by atoms with Crippen LogP contribution in [0.5, 0.6) is 5.75 Å². The maximum Gasteiger partial charge on any atom is 0.310 e. The first kappa shape index (κ1) is 12.4. The van der Waals surface area contributed by atoms with Crippen molar-refractivity contribution in [3.8, 4) is 5.75 Å². The number of rotatable bonds is 4. The van der Waals surface area contributed by atoms with Crippen LogP contribution in [0.4, 0.5) is 8.78 Å². The van der Waals surface area contributed by atoms with Crippen LogP contribution in [0.15, 0.2) is 12.4 Å². The third-order valence-corrected chi connectivity index (χ3v) is 1.91. The van der Waals surface area contributed by atoms with Crippen molar-refractivity contribution in [3.63, 3.8) is 0 Å². The number of aromatic nitrogens is 1. The first-order valence-corrected chi connectivity index (χ1v) is 4.65. The number of alkyl halides is 2. The number of ether oxygens (including phenoxy) is 1. The number of carbonyl (C=O) groups is 1. The molecule has 1 N–H and O–H groups in total. The van der Waals surface area contributed by atoms with Crippen LogP contribution >= 0.6 is 0 Å². The monoisotopic (exact) mass is 231 g/mol. The first-order valence-electron chi connectivity index (χ1n) is 4.65. The van der Waals surface area contributed by atoms with Crippen LogP contribution in [0.2, 0.25) is 0 Å². The summed E-state index contributed by atoms with van der Waals surface area (Å²) in [6.07, 6.45) is -1.14. The first-order chi connectivity index (χ1) is 7.56. The molecular weight excluding hydrogens is 220 g/mol. The fraction of sp³-hybridized carbons (Fsp3) is 0.400. The van der Waals surface area contributed by atoms with E-state index in [9.17, 15) is 18.7 Å². The number of esters is 1. The highest BCUT2D eigenvalue weighted by atomic mass is 19.3. The predicted molar refractivity (Wildman–Crippen MR) is 51.2 cm³/mol. The number of nitrogens with zero attached hydrogens (tertiary/aromatic N) is 1. The van der Waals surface area contributed by atoms with Crippen molar-refractivity contribution in [2.24, 2.45) is 0 Å². The number of hydrogen-bond donors (Lipinski definition) is 1. The zero-order chi connectivity index (χ0) is 12.1. The topological polar surface area (TPSA) is 59.4 Å². The van der Waals surface area contributed by atoms with Crippen molar-refractivity contribution >= 4 is 5.97 Å². The molecule has 0 atom stereocenters. The van der Waals surface area contributed by atoms with Gasteiger partial charge in [0.25, 0.3) is 6.43 Å². The van der Waals surface area contributed by atoms with E-state index in [2.05, 4.69) is 9.72 Å². The van der Waals surface area contributed by atoms with Gasteiger partial charge in [0.2, 0.25) is 0 Å². The third-order valence-electron chi connectivity index (χ3n) is 1.91. The maximum atomic E-state index is 12.6. The van der Waals surface area contributed by atoms with Gasteiger partial charge in [-0.2, -0.15) is 0 Å². The van der Waals surface area contributed by atoms with E-state index < -0.39 is 23.7 Å². The summed E-state index contributed by atoms with van der Waals surface area (Å²) >= 11 is 0. The van der Waals surface area contributed by atoms with Crippen molar-refractivity contribution < 1.29 is 23.4 Å². The number of aromatic hydroxyl groups is 1. The Balaban J connectivity index is 2.95. The molecule has 0 saturated carbocycles. The summed E-state index contributed by atoms with van der Waals surface area (Å²) in [6, 6.07) is 0. The van der Waals surface area contributed by atoms with Gasteiger partial charge in [-0.15, -0.1) is 0 Å². The summed E-state index contributed by atoms with van der Waals surface area (Å²) in [5, 5.41) is 9.21. The van der Waals surface area contributed by atoms with Gasteiger partial charge >= 0.3 is 5.97 Å². The van der Waals surface area contributed by atoms with Crippen LogP contribution in [-0.4, -0.2) is 22.7 Å². The highest BCUT2D eigenvalue weighted by Crippen LogP contribution is 2.30. The maximum absolute atomic E-state index is 12.6. The molecule has 0 aliphatic carbocycles. The highest BCUT2D eigenvalue weighted by molar-refractivity contribution is 5.73. The van der Waals surface area contributed by atoms with E-state index >= 15 is 0 Å². The minimum atomic E-state index is -2.85. The van der Waals surface area contributed by atoms with Crippen molar-refractivity contribution in [1.29, 1.82) is 0 Å². The summed E-state index contributed by atoms with van der Waals surface area (Å²) in [7, 11) is 0. The molecule has 1 heterocycles. The molecule has 88 valence electrons. The fourth-order valence-electron chi connectivity index (χ4n) is 1.26. The number of halogens is 2. The van der Waals surface area contributed by atoms with E-state index in [1.54, 1.807) is 6.92 Å². The lowest BCUT2D eigenvalue weighted by atomic mass is 10.1. The molecule has 0 bridgehead atoms. The Morgan fingerprint density at radius 1 is 1.56 bits per heavy atom. The zero-order valence-corrected chi connectivity index (χ0v) is 8.61. The molecule has 1 rings (SSSR count). The fourth-order valence-corrected chi connectivity index (χ4v) is 1.26. The molecular formula is C10H11F2NO3. The number of carbonyl (C=O) groups excluding carboxylic acids is 1. The standard InChI is InChI=1S/C10H11F2NO3/c1-2-16-8(15)3-6-4-13-5-7(14)9(6)10(11)12/h4-5,10,14H,2-3H2,1H3. The molecule has 0 unspecified atom stereocenters. The van der Waals surface area contributed by atoms with Gasteiger partial charge in [-0.05, 0) is 12.5 Å². The Hall–Kier alpha value is -1.72. The van der Waals surface area contributed by atoms with Gasteiger partial charge in [0, 0.05) is 6.20 Å². The molecule has 0 radical (unpaired) electrons. The third kappa shape index (κ3) is 2.88. The average molecular weight is 231 g/mol. The van der Waals surface area contributed by atoms with Gasteiger partial charge in [-0.3, -0.25) is 9.78 Å². The molecule has 0 aliphatic rings. The van der Waals surface area contributed by atoms with Crippen molar-refractivity contribution in [1.82, 2.24) is 4.98 Å². The van der Waals surface area contributed by atoms with Gasteiger partial charge in [-0.25, -0.2) is 8.78 Å². The van der Waals surface area contributed by atoms with Gasteiger partial charge in [0.05, 0.1) is 24.8 Å². The van der Waals surface area contributed by atoms with E-state index in [0.29, 0.717) is 0 Å². The van der Waals surface area contributed by atoms with Gasteiger partial charge < -0.3 is 9.84 Å². The second-order valence-electron chi connectivity index (χ2n) is 3.01. The lowest BCUT2D eigenvalue weighted by molar-refractivity contribution is -0.142. The van der Waals surface area contributed by atoms with Crippen LogP contribution in [0, 0.1) is 0 Å². The Morgan fingerprint density at radius 3 is 2.81 bits per heavy atom. The Kier molecular flexibility index (Phi) is 4.16.